The molecule has 0 bridgehead atoms. The van der Waals surface area contributed by atoms with Gasteiger partial charge in [0.25, 0.3) is 11.8 Å². The van der Waals surface area contributed by atoms with Crippen LogP contribution in [0.5, 0.6) is 0 Å². The van der Waals surface area contributed by atoms with Crippen LogP contribution in [0, 0.1) is 17.1 Å². The third kappa shape index (κ3) is 4.01. The zero-order valence-corrected chi connectivity index (χ0v) is 15.0. The number of halogens is 1. The Bertz CT molecular complexity index is 1230. The molecule has 4 rings (SSSR count). The van der Waals surface area contributed by atoms with E-state index in [4.69, 9.17) is 9.78 Å². The van der Waals surface area contributed by atoms with Crippen molar-refractivity contribution in [2.75, 3.05) is 5.32 Å². The molecule has 7 heteroatoms. The second kappa shape index (κ2) is 7.74. The number of nitrogens with zero attached hydrogens (tertiary/aromatic N) is 3. The van der Waals surface area contributed by atoms with Crippen LogP contribution in [0.4, 0.5) is 10.1 Å². The van der Waals surface area contributed by atoms with Gasteiger partial charge >= 0.3 is 0 Å². The lowest BCUT2D eigenvalue weighted by Gasteiger charge is -2.05. The Balaban J connectivity index is 1.51. The Labute approximate surface area is 165 Å². The highest BCUT2D eigenvalue weighted by Gasteiger charge is 2.13. The van der Waals surface area contributed by atoms with E-state index in [9.17, 15) is 9.18 Å². The fourth-order valence-corrected chi connectivity index (χ4v) is 2.72. The summed E-state index contributed by atoms with van der Waals surface area (Å²) in [4.78, 5) is 16.7. The van der Waals surface area contributed by atoms with Crippen LogP contribution in [0.25, 0.3) is 22.8 Å². The summed E-state index contributed by atoms with van der Waals surface area (Å²) in [7, 11) is 0. The highest BCUT2D eigenvalue weighted by atomic mass is 19.1. The number of carbonyl (C=O) groups is 1. The van der Waals surface area contributed by atoms with Crippen LogP contribution in [0.1, 0.15) is 15.9 Å². The lowest BCUT2D eigenvalue weighted by Crippen LogP contribution is -2.11. The molecule has 1 heterocycles. The van der Waals surface area contributed by atoms with Gasteiger partial charge in [-0.1, -0.05) is 23.4 Å². The number of hydrogen-bond acceptors (Lipinski definition) is 5. The molecule has 29 heavy (non-hydrogen) atoms. The first-order chi connectivity index (χ1) is 14.1. The van der Waals surface area contributed by atoms with Crippen molar-refractivity contribution >= 4 is 11.6 Å². The topological polar surface area (TPSA) is 91.8 Å². The summed E-state index contributed by atoms with van der Waals surface area (Å²) in [6.45, 7) is 0. The van der Waals surface area contributed by atoms with Crippen LogP contribution in [-0.2, 0) is 0 Å². The highest BCUT2D eigenvalue weighted by Crippen LogP contribution is 2.23. The summed E-state index contributed by atoms with van der Waals surface area (Å²) in [6.07, 6.45) is 0. The summed E-state index contributed by atoms with van der Waals surface area (Å²) in [5.41, 5.74) is 2.57. The lowest BCUT2D eigenvalue weighted by atomic mass is 10.1. The first-order valence-electron chi connectivity index (χ1n) is 8.64. The van der Waals surface area contributed by atoms with Crippen molar-refractivity contribution < 1.29 is 13.7 Å². The summed E-state index contributed by atoms with van der Waals surface area (Å²) in [6, 6.07) is 21.2. The van der Waals surface area contributed by atoms with Gasteiger partial charge in [0.1, 0.15) is 5.82 Å². The van der Waals surface area contributed by atoms with Crippen LogP contribution in [0.3, 0.4) is 0 Å². The Morgan fingerprint density at radius 2 is 1.79 bits per heavy atom. The van der Waals surface area contributed by atoms with Crippen LogP contribution < -0.4 is 5.32 Å². The van der Waals surface area contributed by atoms with Gasteiger partial charge in [-0.3, -0.25) is 4.79 Å². The van der Waals surface area contributed by atoms with Gasteiger partial charge < -0.3 is 9.84 Å². The van der Waals surface area contributed by atoms with E-state index in [2.05, 4.69) is 15.5 Å². The molecule has 0 aliphatic carbocycles. The van der Waals surface area contributed by atoms with Crippen molar-refractivity contribution in [2.24, 2.45) is 0 Å². The number of nitrogens with one attached hydrogen (secondary N) is 1. The van der Waals surface area contributed by atoms with E-state index in [0.29, 0.717) is 27.9 Å². The SMILES string of the molecule is N#Cc1cccc(NC(=O)c2ccc(-c3nc(-c4cccc(F)c4)no3)cc2)c1. The summed E-state index contributed by atoms with van der Waals surface area (Å²) < 4.78 is 18.6. The molecule has 0 fully saturated rings. The highest BCUT2D eigenvalue weighted by molar-refractivity contribution is 6.04. The van der Waals surface area contributed by atoms with E-state index in [1.165, 1.54) is 12.1 Å². The minimum absolute atomic E-state index is 0.262. The first-order valence-corrected chi connectivity index (χ1v) is 8.64. The third-order valence-corrected chi connectivity index (χ3v) is 4.15. The smallest absolute Gasteiger partial charge is 0.258 e. The van der Waals surface area contributed by atoms with Gasteiger partial charge in [-0.05, 0) is 54.6 Å². The van der Waals surface area contributed by atoms with E-state index < -0.39 is 0 Å². The molecule has 0 saturated heterocycles. The molecular weight excluding hydrogens is 371 g/mol. The lowest BCUT2D eigenvalue weighted by molar-refractivity contribution is 0.102. The average Bonchev–Trinajstić information content (AvgIpc) is 3.24. The third-order valence-electron chi connectivity index (χ3n) is 4.15. The van der Waals surface area contributed by atoms with Crippen molar-refractivity contribution in [1.82, 2.24) is 10.1 Å². The molecular formula is C22H13FN4O2. The molecule has 140 valence electrons. The standard InChI is InChI=1S/C22H13FN4O2/c23-18-5-2-4-17(12-18)20-26-22(29-27-20)16-9-7-15(8-10-16)21(28)25-19-6-1-3-14(11-19)13-24/h1-12H,(H,25,28). The molecule has 4 aromatic rings. The monoisotopic (exact) mass is 384 g/mol. The Kier molecular flexibility index (Phi) is 4.82. The fourth-order valence-electron chi connectivity index (χ4n) is 2.72. The van der Waals surface area contributed by atoms with Gasteiger partial charge in [-0.15, -0.1) is 0 Å². The second-order valence-electron chi connectivity index (χ2n) is 6.16. The number of rotatable bonds is 4. The molecule has 1 N–H and O–H groups in total. The van der Waals surface area contributed by atoms with Crippen LogP contribution in [0.2, 0.25) is 0 Å². The van der Waals surface area contributed by atoms with Gasteiger partial charge in [-0.2, -0.15) is 10.2 Å². The van der Waals surface area contributed by atoms with E-state index in [1.54, 1.807) is 60.7 Å². The largest absolute Gasteiger partial charge is 0.334 e. The Morgan fingerprint density at radius 3 is 2.55 bits per heavy atom. The van der Waals surface area contributed by atoms with Gasteiger partial charge in [0.2, 0.25) is 5.82 Å². The summed E-state index contributed by atoms with van der Waals surface area (Å²) in [5.74, 6) is -0.154. The molecule has 1 amide bonds. The number of amides is 1. The number of hydrogen-bond donors (Lipinski definition) is 1. The molecule has 0 aliphatic heterocycles. The summed E-state index contributed by atoms with van der Waals surface area (Å²) >= 11 is 0. The maximum absolute atomic E-state index is 13.4. The van der Waals surface area contributed by atoms with Gasteiger partial charge in [0.15, 0.2) is 0 Å². The second-order valence-corrected chi connectivity index (χ2v) is 6.16. The molecule has 0 unspecified atom stereocenters. The predicted octanol–water partition coefficient (Wildman–Crippen LogP) is 4.67. The van der Waals surface area contributed by atoms with E-state index >= 15 is 0 Å². The van der Waals surface area contributed by atoms with Crippen molar-refractivity contribution in [1.29, 1.82) is 5.26 Å². The van der Waals surface area contributed by atoms with E-state index in [0.717, 1.165) is 0 Å². The van der Waals surface area contributed by atoms with Gasteiger partial charge in [0, 0.05) is 22.4 Å². The van der Waals surface area contributed by atoms with Crippen molar-refractivity contribution in [3.8, 4) is 28.9 Å². The van der Waals surface area contributed by atoms with Crippen molar-refractivity contribution in [3.05, 3.63) is 89.7 Å². The minimum Gasteiger partial charge on any atom is -0.334 e. The van der Waals surface area contributed by atoms with Crippen molar-refractivity contribution in [2.45, 2.75) is 0 Å². The summed E-state index contributed by atoms with van der Waals surface area (Å²) in [5, 5.41) is 15.6. The molecule has 0 aliphatic rings. The quantitative estimate of drug-likeness (QED) is 0.552. The number of nitriles is 1. The maximum Gasteiger partial charge on any atom is 0.258 e. The molecule has 0 spiro atoms. The molecule has 0 radical (unpaired) electrons. The minimum atomic E-state index is -0.385. The van der Waals surface area contributed by atoms with E-state index in [1.807, 2.05) is 6.07 Å². The zero-order valence-electron chi connectivity index (χ0n) is 15.0. The fraction of sp³-hybridized carbons (Fsp3) is 0. The number of anilines is 1. The van der Waals surface area contributed by atoms with Crippen LogP contribution >= 0.6 is 0 Å². The number of benzene rings is 3. The number of carbonyl (C=O) groups excluding carboxylic acids is 1. The van der Waals surface area contributed by atoms with E-state index in [-0.39, 0.29) is 23.4 Å². The zero-order chi connectivity index (χ0) is 20.2. The predicted molar refractivity (Wildman–Crippen MR) is 104 cm³/mol. The van der Waals surface area contributed by atoms with Gasteiger partial charge in [-0.25, -0.2) is 4.39 Å². The normalized spacial score (nSPS) is 10.3. The van der Waals surface area contributed by atoms with Crippen molar-refractivity contribution in [3.63, 3.8) is 0 Å². The molecule has 0 saturated carbocycles. The van der Waals surface area contributed by atoms with Crippen LogP contribution in [0.15, 0.2) is 77.3 Å². The Morgan fingerprint density at radius 1 is 1.00 bits per heavy atom. The molecule has 0 atom stereocenters. The number of aromatic nitrogens is 2. The first kappa shape index (κ1) is 18.1. The molecule has 1 aromatic heterocycles. The maximum atomic E-state index is 13.4. The molecule has 6 nitrogen and oxygen atoms in total. The Hall–Kier alpha value is -4.31. The average molecular weight is 384 g/mol. The van der Waals surface area contributed by atoms with Crippen LogP contribution in [-0.4, -0.2) is 16.0 Å². The van der Waals surface area contributed by atoms with Gasteiger partial charge in [0.05, 0.1) is 11.6 Å². The molecule has 3 aromatic carbocycles.